The van der Waals surface area contributed by atoms with Gasteiger partial charge in [0.25, 0.3) is 0 Å². The average molecular weight is 415 g/mol. The monoisotopic (exact) mass is 414 g/mol. The molecule has 28 heavy (non-hydrogen) atoms. The highest BCUT2D eigenvalue weighted by atomic mass is 35.5. The Labute approximate surface area is 174 Å². The minimum Gasteiger partial charge on any atom is -0.353 e. The predicted octanol–water partition coefficient (Wildman–Crippen LogP) is 4.98. The van der Waals surface area contributed by atoms with Crippen LogP contribution in [0.1, 0.15) is 26.7 Å². The first-order chi connectivity index (χ1) is 13.6. The van der Waals surface area contributed by atoms with Gasteiger partial charge in [0.15, 0.2) is 11.0 Å². The molecule has 0 radical (unpaired) electrons. The Morgan fingerprint density at radius 3 is 2.39 bits per heavy atom. The zero-order valence-corrected chi connectivity index (χ0v) is 17.5. The lowest BCUT2D eigenvalue weighted by Gasteiger charge is -2.14. The van der Waals surface area contributed by atoms with Crippen LogP contribution in [-0.4, -0.2) is 32.5 Å². The molecule has 1 amide bonds. The van der Waals surface area contributed by atoms with E-state index in [0.717, 1.165) is 24.1 Å². The number of carbonyl (C=O) groups excluding carboxylic acids is 1. The van der Waals surface area contributed by atoms with Gasteiger partial charge in [-0.05, 0) is 49.2 Å². The van der Waals surface area contributed by atoms with E-state index in [-0.39, 0.29) is 11.9 Å². The molecule has 7 heteroatoms. The maximum Gasteiger partial charge on any atom is 0.230 e. The third kappa shape index (κ3) is 4.94. The molecule has 0 saturated heterocycles. The molecule has 1 N–H and O–H groups in total. The van der Waals surface area contributed by atoms with Crippen LogP contribution in [0.4, 0.5) is 0 Å². The maximum atomic E-state index is 12.3. The predicted molar refractivity (Wildman–Crippen MR) is 115 cm³/mol. The zero-order valence-electron chi connectivity index (χ0n) is 15.9. The largest absolute Gasteiger partial charge is 0.353 e. The number of nitrogens with one attached hydrogen (secondary N) is 1. The molecule has 1 aromatic heterocycles. The van der Waals surface area contributed by atoms with E-state index in [0.29, 0.717) is 21.8 Å². The second-order valence-electron chi connectivity index (χ2n) is 6.35. The van der Waals surface area contributed by atoms with E-state index in [4.69, 9.17) is 11.6 Å². The lowest BCUT2D eigenvalue weighted by molar-refractivity contribution is -0.119. The quantitative estimate of drug-likeness (QED) is 0.528. The molecule has 3 rings (SSSR count). The van der Waals surface area contributed by atoms with E-state index in [1.54, 1.807) is 0 Å². The summed E-state index contributed by atoms with van der Waals surface area (Å²) in [5, 5.41) is 13.1. The molecule has 0 saturated carbocycles. The smallest absolute Gasteiger partial charge is 0.230 e. The molecule has 2 aromatic carbocycles. The highest BCUT2D eigenvalue weighted by molar-refractivity contribution is 7.99. The third-order valence-corrected chi connectivity index (χ3v) is 5.61. The van der Waals surface area contributed by atoms with Crippen molar-refractivity contribution >= 4 is 29.3 Å². The number of para-hydroxylation sites is 1. The molecule has 1 heterocycles. The number of amides is 1. The van der Waals surface area contributed by atoms with E-state index < -0.39 is 0 Å². The summed E-state index contributed by atoms with van der Waals surface area (Å²) in [5.41, 5.74) is 1.86. The molecule has 146 valence electrons. The highest BCUT2D eigenvalue weighted by Gasteiger charge is 2.18. The summed E-state index contributed by atoms with van der Waals surface area (Å²) in [6, 6.07) is 17.6. The van der Waals surface area contributed by atoms with Crippen molar-refractivity contribution in [3.8, 4) is 17.1 Å². The number of rotatable bonds is 8. The summed E-state index contributed by atoms with van der Waals surface area (Å²) in [7, 11) is 0. The molecule has 0 aliphatic carbocycles. The summed E-state index contributed by atoms with van der Waals surface area (Å²) in [6.07, 6.45) is 1.85. The molecule has 0 bridgehead atoms. The Morgan fingerprint density at radius 2 is 1.75 bits per heavy atom. The molecule has 0 unspecified atom stereocenters. The molecule has 0 aliphatic rings. The van der Waals surface area contributed by atoms with Crippen LogP contribution in [0.5, 0.6) is 0 Å². The van der Waals surface area contributed by atoms with Gasteiger partial charge in [-0.3, -0.25) is 9.36 Å². The van der Waals surface area contributed by atoms with Crippen molar-refractivity contribution in [1.29, 1.82) is 0 Å². The van der Waals surface area contributed by atoms with Crippen LogP contribution in [0, 0.1) is 0 Å². The summed E-state index contributed by atoms with van der Waals surface area (Å²) in [6.45, 7) is 4.15. The van der Waals surface area contributed by atoms with Crippen molar-refractivity contribution < 1.29 is 4.79 Å². The first-order valence-corrected chi connectivity index (χ1v) is 10.7. The second kappa shape index (κ2) is 9.75. The summed E-state index contributed by atoms with van der Waals surface area (Å²) in [4.78, 5) is 12.3. The number of halogens is 1. The van der Waals surface area contributed by atoms with Crippen molar-refractivity contribution in [3.63, 3.8) is 0 Å². The van der Waals surface area contributed by atoms with Crippen LogP contribution in [0.15, 0.2) is 59.8 Å². The second-order valence-corrected chi connectivity index (χ2v) is 7.73. The Hall–Kier alpha value is -2.31. The first kappa shape index (κ1) is 20.4. The minimum absolute atomic E-state index is 0.00866. The Bertz CT molecular complexity index is 908. The molecule has 0 atom stereocenters. The fraction of sp³-hybridized carbons (Fsp3) is 0.286. The van der Waals surface area contributed by atoms with Crippen LogP contribution in [-0.2, 0) is 4.79 Å². The number of carbonyl (C=O) groups is 1. The molecular weight excluding hydrogens is 392 g/mol. The van der Waals surface area contributed by atoms with Crippen LogP contribution in [0.3, 0.4) is 0 Å². The number of hydrogen-bond donors (Lipinski definition) is 1. The fourth-order valence-corrected chi connectivity index (χ4v) is 3.74. The number of thioether (sulfide) groups is 1. The molecule has 0 fully saturated rings. The molecule has 3 aromatic rings. The van der Waals surface area contributed by atoms with E-state index in [2.05, 4.69) is 29.4 Å². The average Bonchev–Trinajstić information content (AvgIpc) is 3.15. The first-order valence-electron chi connectivity index (χ1n) is 9.31. The fourth-order valence-electron chi connectivity index (χ4n) is 2.85. The van der Waals surface area contributed by atoms with E-state index >= 15 is 0 Å². The van der Waals surface area contributed by atoms with Gasteiger partial charge in [-0.2, -0.15) is 0 Å². The number of hydrogen-bond acceptors (Lipinski definition) is 4. The van der Waals surface area contributed by atoms with Gasteiger partial charge in [-0.1, -0.05) is 55.4 Å². The SMILES string of the molecule is CCC(CC)NC(=O)CSc1nnc(-c2ccc(Cl)cc2)n1-c1ccccc1. The van der Waals surface area contributed by atoms with E-state index in [1.165, 1.54) is 11.8 Å². The van der Waals surface area contributed by atoms with Crippen molar-refractivity contribution in [2.24, 2.45) is 0 Å². The van der Waals surface area contributed by atoms with Crippen LogP contribution < -0.4 is 5.32 Å². The van der Waals surface area contributed by atoms with Gasteiger partial charge in [0, 0.05) is 22.3 Å². The Kier molecular flexibility index (Phi) is 7.12. The van der Waals surface area contributed by atoms with Crippen LogP contribution in [0.2, 0.25) is 5.02 Å². The van der Waals surface area contributed by atoms with Crippen LogP contribution >= 0.6 is 23.4 Å². The van der Waals surface area contributed by atoms with Gasteiger partial charge < -0.3 is 5.32 Å². The molecule has 5 nitrogen and oxygen atoms in total. The molecule has 0 spiro atoms. The summed E-state index contributed by atoms with van der Waals surface area (Å²) >= 11 is 7.40. The van der Waals surface area contributed by atoms with E-state index in [1.807, 2.05) is 59.2 Å². The Balaban J connectivity index is 1.87. The van der Waals surface area contributed by atoms with Gasteiger partial charge in [-0.25, -0.2) is 0 Å². The normalized spacial score (nSPS) is 11.0. The van der Waals surface area contributed by atoms with Crippen molar-refractivity contribution in [3.05, 3.63) is 59.6 Å². The summed E-state index contributed by atoms with van der Waals surface area (Å²) < 4.78 is 1.97. The highest BCUT2D eigenvalue weighted by Crippen LogP contribution is 2.28. The number of aromatic nitrogens is 3. The van der Waals surface area contributed by atoms with Crippen molar-refractivity contribution in [2.45, 2.75) is 37.9 Å². The van der Waals surface area contributed by atoms with E-state index in [9.17, 15) is 4.79 Å². The summed E-state index contributed by atoms with van der Waals surface area (Å²) in [5.74, 6) is 1.02. The van der Waals surface area contributed by atoms with Gasteiger partial charge in [0.05, 0.1) is 5.75 Å². The van der Waals surface area contributed by atoms with Gasteiger partial charge in [-0.15, -0.1) is 10.2 Å². The number of benzene rings is 2. The standard InChI is InChI=1S/C21H23ClN4OS/c1-3-17(4-2)23-19(27)14-28-21-25-24-20(15-10-12-16(22)13-11-15)26(21)18-8-6-5-7-9-18/h5-13,17H,3-4,14H2,1-2H3,(H,23,27). The van der Waals surface area contributed by atoms with Crippen LogP contribution in [0.25, 0.3) is 17.1 Å². The molecule has 0 aliphatic heterocycles. The lowest BCUT2D eigenvalue weighted by Crippen LogP contribution is -2.35. The lowest BCUT2D eigenvalue weighted by atomic mass is 10.2. The maximum absolute atomic E-state index is 12.3. The minimum atomic E-state index is 0.00866. The molecular formula is C21H23ClN4OS. The third-order valence-electron chi connectivity index (χ3n) is 4.43. The van der Waals surface area contributed by atoms with Gasteiger partial charge >= 0.3 is 0 Å². The number of nitrogens with zero attached hydrogens (tertiary/aromatic N) is 3. The zero-order chi connectivity index (χ0) is 19.9. The Morgan fingerprint density at radius 1 is 1.07 bits per heavy atom. The van der Waals surface area contributed by atoms with Crippen molar-refractivity contribution in [2.75, 3.05) is 5.75 Å². The topological polar surface area (TPSA) is 59.8 Å². The van der Waals surface area contributed by atoms with Gasteiger partial charge in [0.1, 0.15) is 0 Å². The van der Waals surface area contributed by atoms with Crippen molar-refractivity contribution in [1.82, 2.24) is 20.1 Å². The van der Waals surface area contributed by atoms with Gasteiger partial charge in [0.2, 0.25) is 5.91 Å².